The molecule has 0 radical (unpaired) electrons. The second-order valence-corrected chi connectivity index (χ2v) is 4.24. The van der Waals surface area contributed by atoms with Gasteiger partial charge in [0.1, 0.15) is 11.4 Å². The van der Waals surface area contributed by atoms with E-state index in [4.69, 9.17) is 4.74 Å². The van der Waals surface area contributed by atoms with Crippen molar-refractivity contribution in [2.24, 2.45) is 0 Å². The first-order chi connectivity index (χ1) is 9.65. The lowest BCUT2D eigenvalue weighted by atomic mass is 10.4. The maximum absolute atomic E-state index is 11.4. The Labute approximate surface area is 114 Å². The third-order valence-electron chi connectivity index (χ3n) is 2.80. The molecule has 3 aromatic rings. The van der Waals surface area contributed by atoms with E-state index in [1.165, 1.54) is 10.6 Å². The summed E-state index contributed by atoms with van der Waals surface area (Å²) >= 11 is 0. The number of hydrogen-bond donors (Lipinski definition) is 1. The van der Waals surface area contributed by atoms with Crippen molar-refractivity contribution >= 4 is 11.6 Å². The highest BCUT2D eigenvalue weighted by Crippen LogP contribution is 2.25. The Hall–Kier alpha value is -2.89. The molecule has 3 aromatic heterocycles. The number of carboxylic acid groups (broad SMARTS) is 1. The van der Waals surface area contributed by atoms with Gasteiger partial charge in [-0.15, -0.1) is 0 Å². The Morgan fingerprint density at radius 1 is 1.30 bits per heavy atom. The van der Waals surface area contributed by atoms with E-state index in [-0.39, 0.29) is 11.6 Å². The van der Waals surface area contributed by atoms with Crippen LogP contribution in [0.3, 0.4) is 0 Å². The third kappa shape index (κ3) is 2.07. The maximum atomic E-state index is 11.4. The van der Waals surface area contributed by atoms with Gasteiger partial charge in [-0.2, -0.15) is 4.98 Å². The number of imidazole rings is 1. The van der Waals surface area contributed by atoms with E-state index >= 15 is 0 Å². The van der Waals surface area contributed by atoms with Gasteiger partial charge in [-0.25, -0.2) is 4.79 Å². The summed E-state index contributed by atoms with van der Waals surface area (Å²) in [4.78, 5) is 19.7. The smallest absolute Gasteiger partial charge is 0.358 e. The topological polar surface area (TPSA) is 76.7 Å². The summed E-state index contributed by atoms with van der Waals surface area (Å²) in [6, 6.07) is 8.74. The van der Waals surface area contributed by atoms with Crippen molar-refractivity contribution in [1.29, 1.82) is 0 Å². The molecule has 3 heterocycles. The lowest BCUT2D eigenvalue weighted by molar-refractivity contribution is 0.0686. The predicted molar refractivity (Wildman–Crippen MR) is 71.2 cm³/mol. The van der Waals surface area contributed by atoms with E-state index in [1.54, 1.807) is 36.5 Å². The van der Waals surface area contributed by atoms with Gasteiger partial charge in [0.05, 0.1) is 6.20 Å². The fourth-order valence-electron chi connectivity index (χ4n) is 1.87. The molecule has 0 aliphatic rings. The van der Waals surface area contributed by atoms with Gasteiger partial charge in [0, 0.05) is 11.9 Å². The second-order valence-electron chi connectivity index (χ2n) is 4.24. The van der Waals surface area contributed by atoms with Crippen LogP contribution in [0.25, 0.3) is 5.65 Å². The second kappa shape index (κ2) is 4.65. The van der Waals surface area contributed by atoms with E-state index in [0.29, 0.717) is 11.4 Å². The summed E-state index contributed by atoms with van der Waals surface area (Å²) in [5, 5.41) is 9.32. The predicted octanol–water partition coefficient (Wildman–Crippen LogP) is 2.53. The number of aromatic carboxylic acids is 1. The van der Waals surface area contributed by atoms with Gasteiger partial charge >= 0.3 is 5.97 Å². The van der Waals surface area contributed by atoms with Crippen molar-refractivity contribution in [3.63, 3.8) is 0 Å². The van der Waals surface area contributed by atoms with E-state index in [0.717, 1.165) is 5.69 Å². The number of carboxylic acids is 1. The molecule has 0 aliphatic carbocycles. The largest absolute Gasteiger partial charge is 0.476 e. The van der Waals surface area contributed by atoms with Gasteiger partial charge in [0.15, 0.2) is 5.69 Å². The van der Waals surface area contributed by atoms with Crippen LogP contribution < -0.4 is 4.74 Å². The molecule has 0 fully saturated rings. The van der Waals surface area contributed by atoms with Gasteiger partial charge in [0.25, 0.3) is 5.88 Å². The fraction of sp³-hybridized carbons (Fsp3) is 0.0714. The summed E-state index contributed by atoms with van der Waals surface area (Å²) in [6.45, 7) is 1.86. The van der Waals surface area contributed by atoms with Crippen LogP contribution in [0.15, 0.2) is 42.7 Å². The van der Waals surface area contributed by atoms with Crippen LogP contribution >= 0.6 is 0 Å². The van der Waals surface area contributed by atoms with Crippen LogP contribution in [0, 0.1) is 6.92 Å². The highest BCUT2D eigenvalue weighted by atomic mass is 16.5. The zero-order valence-electron chi connectivity index (χ0n) is 10.6. The Morgan fingerprint density at radius 3 is 2.85 bits per heavy atom. The van der Waals surface area contributed by atoms with Gasteiger partial charge < -0.3 is 9.84 Å². The summed E-state index contributed by atoms with van der Waals surface area (Å²) in [7, 11) is 0. The minimum absolute atomic E-state index is 0.0128. The third-order valence-corrected chi connectivity index (χ3v) is 2.80. The average Bonchev–Trinajstić information content (AvgIpc) is 2.79. The van der Waals surface area contributed by atoms with Crippen LogP contribution in [-0.2, 0) is 0 Å². The number of hydrogen-bond acceptors (Lipinski definition) is 4. The number of rotatable bonds is 3. The lowest BCUT2D eigenvalue weighted by Crippen LogP contribution is -2.03. The minimum atomic E-state index is -1.10. The van der Waals surface area contributed by atoms with E-state index in [2.05, 4.69) is 9.97 Å². The van der Waals surface area contributed by atoms with E-state index in [1.807, 2.05) is 6.92 Å². The van der Waals surface area contributed by atoms with Crippen molar-refractivity contribution in [1.82, 2.24) is 14.4 Å². The number of fused-ring (bicyclic) bond motifs is 1. The normalized spacial score (nSPS) is 10.7. The Bertz CT molecular complexity index is 778. The lowest BCUT2D eigenvalue weighted by Gasteiger charge is -2.03. The molecule has 0 aliphatic heterocycles. The molecule has 6 nitrogen and oxygen atoms in total. The van der Waals surface area contributed by atoms with Crippen molar-refractivity contribution in [2.75, 3.05) is 0 Å². The summed E-state index contributed by atoms with van der Waals surface area (Å²) in [6.07, 6.45) is 3.16. The Morgan fingerprint density at radius 2 is 2.15 bits per heavy atom. The molecule has 0 aromatic carbocycles. The Balaban J connectivity index is 2.08. The first kappa shape index (κ1) is 12.2. The van der Waals surface area contributed by atoms with Crippen molar-refractivity contribution < 1.29 is 14.6 Å². The summed E-state index contributed by atoms with van der Waals surface area (Å²) < 4.78 is 7.01. The number of pyridine rings is 2. The molecule has 0 atom stereocenters. The molecule has 100 valence electrons. The molecule has 0 unspecified atom stereocenters. The molecule has 0 saturated carbocycles. The minimum Gasteiger partial charge on any atom is -0.476 e. The molecule has 3 rings (SSSR count). The van der Waals surface area contributed by atoms with Gasteiger partial charge in [-0.3, -0.25) is 9.38 Å². The van der Waals surface area contributed by atoms with Crippen LogP contribution in [0.1, 0.15) is 16.2 Å². The van der Waals surface area contributed by atoms with E-state index < -0.39 is 5.97 Å². The number of aryl methyl sites for hydroxylation is 1. The van der Waals surface area contributed by atoms with Gasteiger partial charge in [-0.1, -0.05) is 6.07 Å². The maximum Gasteiger partial charge on any atom is 0.358 e. The molecular formula is C14H11N3O3. The number of carbonyl (C=O) groups is 1. The van der Waals surface area contributed by atoms with Crippen LogP contribution in [0.2, 0.25) is 0 Å². The molecule has 0 spiro atoms. The zero-order chi connectivity index (χ0) is 14.1. The molecule has 0 amide bonds. The zero-order valence-corrected chi connectivity index (χ0v) is 10.6. The molecule has 20 heavy (non-hydrogen) atoms. The number of aromatic nitrogens is 3. The fourth-order valence-corrected chi connectivity index (χ4v) is 1.87. The highest BCUT2D eigenvalue weighted by molar-refractivity contribution is 5.89. The van der Waals surface area contributed by atoms with Crippen molar-refractivity contribution in [3.05, 3.63) is 54.1 Å². The quantitative estimate of drug-likeness (QED) is 0.790. The van der Waals surface area contributed by atoms with Crippen LogP contribution in [0.4, 0.5) is 0 Å². The molecule has 6 heteroatoms. The van der Waals surface area contributed by atoms with Crippen molar-refractivity contribution in [2.45, 2.75) is 6.92 Å². The Kier molecular flexibility index (Phi) is 2.83. The van der Waals surface area contributed by atoms with Crippen molar-refractivity contribution in [3.8, 4) is 11.6 Å². The molecule has 1 N–H and O–H groups in total. The standard InChI is InChI=1S/C14H11N3O3/c1-9-5-6-10(8-15-9)20-13-12(14(18)19)17-7-3-2-4-11(17)16-13/h2-8H,1H3,(H,18,19). The highest BCUT2D eigenvalue weighted by Gasteiger charge is 2.20. The monoisotopic (exact) mass is 269 g/mol. The molecular weight excluding hydrogens is 258 g/mol. The first-order valence-electron chi connectivity index (χ1n) is 5.96. The SMILES string of the molecule is Cc1ccc(Oc2nc3ccccn3c2C(=O)O)cn1. The van der Waals surface area contributed by atoms with E-state index in [9.17, 15) is 9.90 Å². The average molecular weight is 269 g/mol. The summed E-state index contributed by atoms with van der Waals surface area (Å²) in [5.74, 6) is -0.602. The number of ether oxygens (including phenoxy) is 1. The summed E-state index contributed by atoms with van der Waals surface area (Å²) in [5.41, 5.74) is 1.35. The molecule has 0 saturated heterocycles. The van der Waals surface area contributed by atoms with Gasteiger partial charge in [0.2, 0.25) is 0 Å². The van der Waals surface area contributed by atoms with Crippen LogP contribution in [0.5, 0.6) is 11.6 Å². The number of nitrogens with zero attached hydrogens (tertiary/aromatic N) is 3. The molecule has 0 bridgehead atoms. The van der Waals surface area contributed by atoms with Gasteiger partial charge in [-0.05, 0) is 31.2 Å². The first-order valence-corrected chi connectivity index (χ1v) is 5.96. The van der Waals surface area contributed by atoms with Crippen LogP contribution in [-0.4, -0.2) is 25.4 Å².